The first-order chi connectivity index (χ1) is 17.0. The average molecular weight is 548 g/mol. The molecule has 5 N–H and O–H groups in total. The van der Waals surface area contributed by atoms with E-state index in [0.29, 0.717) is 13.0 Å². The van der Waals surface area contributed by atoms with Crippen LogP contribution >= 0.6 is 9.90 Å². The minimum absolute atomic E-state index is 0. The third kappa shape index (κ3) is 14.1. The van der Waals surface area contributed by atoms with E-state index < -0.39 is 36.2 Å². The summed E-state index contributed by atoms with van der Waals surface area (Å²) in [6.45, 7) is 6.10. The Morgan fingerprint density at radius 3 is 1.86 bits per heavy atom. The highest BCUT2D eigenvalue weighted by atomic mass is 31.0. The van der Waals surface area contributed by atoms with E-state index in [1.807, 2.05) is 6.07 Å². The van der Waals surface area contributed by atoms with Crippen molar-refractivity contribution in [3.05, 3.63) is 35.9 Å². The van der Waals surface area contributed by atoms with Crippen LogP contribution in [0.1, 0.15) is 46.8 Å². The lowest BCUT2D eigenvalue weighted by Crippen LogP contribution is -2.52. The molecular weight excluding hydrogens is 497 g/mol. The van der Waals surface area contributed by atoms with Gasteiger partial charge < -0.3 is 26.6 Å². The summed E-state index contributed by atoms with van der Waals surface area (Å²) in [6, 6.07) is 8.08. The largest absolute Gasteiger partial charge is 0.355 e. The minimum Gasteiger partial charge on any atom is -0.355 e. The number of hydrogen-bond donors (Lipinski definition) is 5. The number of nitrogens with one attached hydrogen (secondary N) is 5. The Balaban J connectivity index is -0.000000540. The van der Waals surface area contributed by atoms with Crippen molar-refractivity contribution in [2.75, 3.05) is 26.2 Å². The summed E-state index contributed by atoms with van der Waals surface area (Å²) >= 11 is 0. The summed E-state index contributed by atoms with van der Waals surface area (Å²) in [5, 5.41) is 12.5. The molecule has 3 unspecified atom stereocenters. The fourth-order valence-electron chi connectivity index (χ4n) is 3.24. The number of hydrogen-bond acceptors (Lipinski definition) is 6. The summed E-state index contributed by atoms with van der Waals surface area (Å²) in [5.41, 5.74) is 0.802. The van der Waals surface area contributed by atoms with Crippen LogP contribution in [-0.4, -0.2) is 67.5 Å². The van der Waals surface area contributed by atoms with Crippen molar-refractivity contribution in [2.24, 2.45) is 11.8 Å². The van der Waals surface area contributed by atoms with Crippen molar-refractivity contribution >= 4 is 45.2 Å². The second kappa shape index (κ2) is 18.0. The van der Waals surface area contributed by atoms with Crippen LogP contribution < -0.4 is 26.6 Å². The van der Waals surface area contributed by atoms with Crippen LogP contribution in [0, 0.1) is 11.8 Å². The van der Waals surface area contributed by atoms with Crippen LogP contribution in [0.15, 0.2) is 30.3 Å². The molecule has 1 rings (SSSR count). The first kappa shape index (κ1) is 33.7. The topological polar surface area (TPSA) is 163 Å². The second-order valence-corrected chi connectivity index (χ2v) is 8.62. The van der Waals surface area contributed by atoms with E-state index in [2.05, 4.69) is 26.6 Å². The van der Waals surface area contributed by atoms with Gasteiger partial charge in [-0.25, -0.2) is 0 Å². The minimum atomic E-state index is -0.963. The number of rotatable bonds is 15. The van der Waals surface area contributed by atoms with Crippen LogP contribution in [0.25, 0.3) is 0 Å². The van der Waals surface area contributed by atoms with Gasteiger partial charge in [0.1, 0.15) is 11.8 Å². The highest BCUT2D eigenvalue weighted by Gasteiger charge is 2.22. The third-order valence-electron chi connectivity index (χ3n) is 5.45. The predicted octanol–water partition coefficient (Wildman–Crippen LogP) is 0.738. The van der Waals surface area contributed by atoms with Crippen molar-refractivity contribution in [2.45, 2.75) is 46.6 Å². The van der Waals surface area contributed by atoms with Gasteiger partial charge in [0.25, 0.3) is 0 Å². The highest BCUT2D eigenvalue weighted by Crippen LogP contribution is 2.12. The summed E-state index contributed by atoms with van der Waals surface area (Å²) in [5.74, 6) is -3.16. The number of Topliss-reactive ketones (excluding diaryl/α,β-unsaturated/α-hetero) is 1. The molecule has 0 saturated carbocycles. The number of benzene rings is 1. The van der Waals surface area contributed by atoms with Gasteiger partial charge in [-0.15, -0.1) is 0 Å². The molecule has 0 aliphatic heterocycles. The van der Waals surface area contributed by atoms with E-state index in [9.17, 15) is 28.8 Å². The molecule has 0 aromatic heterocycles. The molecule has 4 atom stereocenters. The Hall–Kier alpha value is -3.33. The molecule has 1 aromatic carbocycles. The fraction of sp³-hybridized carbons (Fsp3) is 0.520. The quantitative estimate of drug-likeness (QED) is 0.203. The first-order valence-electron chi connectivity index (χ1n) is 12.0. The molecule has 0 bridgehead atoms. The van der Waals surface area contributed by atoms with Crippen LogP contribution in [0.5, 0.6) is 0 Å². The molecule has 1 aromatic rings. The zero-order valence-corrected chi connectivity index (χ0v) is 23.4. The van der Waals surface area contributed by atoms with E-state index in [0.717, 1.165) is 5.56 Å². The van der Waals surface area contributed by atoms with Gasteiger partial charge in [-0.3, -0.25) is 28.8 Å². The van der Waals surface area contributed by atoms with Gasteiger partial charge in [0.2, 0.25) is 29.5 Å². The Labute approximate surface area is 228 Å². The Kier molecular flexibility index (Phi) is 16.4. The van der Waals surface area contributed by atoms with E-state index in [1.165, 1.54) is 6.92 Å². The van der Waals surface area contributed by atoms with E-state index >= 15 is 0 Å². The van der Waals surface area contributed by atoms with E-state index in [1.54, 1.807) is 45.0 Å². The summed E-state index contributed by atoms with van der Waals surface area (Å²) in [6.07, 6.45) is 0.560. The second-order valence-electron chi connectivity index (χ2n) is 8.62. The molecule has 0 saturated heterocycles. The normalized spacial score (nSPS) is 12.5. The third-order valence-corrected chi connectivity index (χ3v) is 5.45. The van der Waals surface area contributed by atoms with Gasteiger partial charge in [-0.05, 0) is 25.8 Å². The molecule has 0 heterocycles. The van der Waals surface area contributed by atoms with Crippen molar-refractivity contribution in [1.82, 2.24) is 26.6 Å². The maximum absolute atomic E-state index is 12.6. The Bertz CT molecular complexity index is 950. The molecule has 37 heavy (non-hydrogen) atoms. The van der Waals surface area contributed by atoms with Crippen molar-refractivity contribution in [1.29, 1.82) is 0 Å². The van der Waals surface area contributed by atoms with Crippen molar-refractivity contribution < 1.29 is 35.9 Å². The maximum Gasteiger partial charge on any atom is 0.243 e. The van der Waals surface area contributed by atoms with Crippen molar-refractivity contribution in [3.8, 4) is 0 Å². The zero-order chi connectivity index (χ0) is 27.1. The monoisotopic (exact) mass is 547 g/mol. The molecule has 0 aliphatic carbocycles. The Morgan fingerprint density at radius 1 is 0.757 bits per heavy atom. The SMILES string of the molecule is CCNC(=O)CNC(=O)[C@H](Cc1ccccc1)NC(=O)CNC(=O)CNC(=O)C(C)CC(C)C(C)=O.P.[HH].[HH].[HH].[HH].[HH]. The number of carbonyl (C=O) groups excluding carboxylic acids is 6. The van der Waals surface area contributed by atoms with E-state index in [-0.39, 0.29) is 60.1 Å². The van der Waals surface area contributed by atoms with Gasteiger partial charge in [0.15, 0.2) is 0 Å². The molecule has 12 heteroatoms. The number of amides is 5. The first-order valence-corrected chi connectivity index (χ1v) is 12.0. The van der Waals surface area contributed by atoms with Gasteiger partial charge in [-0.1, -0.05) is 44.2 Å². The Morgan fingerprint density at radius 2 is 1.30 bits per heavy atom. The molecular formula is C25H50N5O6P. The highest BCUT2D eigenvalue weighted by molar-refractivity contribution is 6.92. The maximum atomic E-state index is 12.6. The number of carbonyl (C=O) groups is 6. The zero-order valence-electron chi connectivity index (χ0n) is 22.0. The predicted molar refractivity (Wildman–Crippen MR) is 155 cm³/mol. The van der Waals surface area contributed by atoms with Gasteiger partial charge >= 0.3 is 0 Å². The van der Waals surface area contributed by atoms with Crippen LogP contribution in [-0.2, 0) is 35.2 Å². The lowest BCUT2D eigenvalue weighted by Gasteiger charge is -2.19. The smallest absolute Gasteiger partial charge is 0.243 e. The van der Waals surface area contributed by atoms with Crippen molar-refractivity contribution in [3.63, 3.8) is 0 Å². The molecule has 0 fully saturated rings. The van der Waals surface area contributed by atoms with E-state index in [4.69, 9.17) is 0 Å². The molecule has 0 aliphatic rings. The van der Waals surface area contributed by atoms with Crippen LogP contribution in [0.2, 0.25) is 0 Å². The van der Waals surface area contributed by atoms with Gasteiger partial charge in [0, 0.05) is 31.9 Å². The van der Waals surface area contributed by atoms with Crippen LogP contribution in [0.4, 0.5) is 0 Å². The van der Waals surface area contributed by atoms with Gasteiger partial charge in [-0.2, -0.15) is 9.90 Å². The number of likely N-dealkylation sites (N-methyl/N-ethyl adjacent to an activating group) is 1. The number of ketones is 1. The standard InChI is InChI=1S/C25H37N5O6.H3P.5H2/c1-5-26-21(32)13-29-25(36)20(12-19-9-7-6-8-10-19)30-23(34)15-27-22(33)14-28-24(35)17(3)11-16(2)18(4)31;;;;;;/h6-10,16-17,20H,5,11-15H2,1-4H3,(H,26,32)(H,27,33)(H,28,35)(H,29,36)(H,30,34);1H3;5*1H/t16?,17?,20-;;;;;;/m0....../s1. The molecule has 5 amide bonds. The van der Waals surface area contributed by atoms with Crippen LogP contribution in [0.3, 0.4) is 0 Å². The summed E-state index contributed by atoms with van der Waals surface area (Å²) in [7, 11) is 0. The average Bonchev–Trinajstić information content (AvgIpc) is 2.84. The molecule has 216 valence electrons. The fourth-order valence-corrected chi connectivity index (χ4v) is 3.24. The lowest BCUT2D eigenvalue weighted by atomic mass is 9.94. The molecule has 0 radical (unpaired) electrons. The molecule has 0 spiro atoms. The van der Waals surface area contributed by atoms with Gasteiger partial charge in [0.05, 0.1) is 19.6 Å². The summed E-state index contributed by atoms with van der Waals surface area (Å²) in [4.78, 5) is 72.3. The summed E-state index contributed by atoms with van der Waals surface area (Å²) < 4.78 is 0. The molecule has 11 nitrogen and oxygen atoms in total. The lowest BCUT2D eigenvalue weighted by molar-refractivity contribution is -0.131.